The lowest BCUT2D eigenvalue weighted by Crippen LogP contribution is -2.98. The average molecular weight is 663 g/mol. The van der Waals surface area contributed by atoms with Gasteiger partial charge < -0.3 is 0 Å². The van der Waals surface area contributed by atoms with Gasteiger partial charge in [0.25, 0.3) is 0 Å². The van der Waals surface area contributed by atoms with Crippen LogP contribution in [0.4, 0.5) is 0 Å². The van der Waals surface area contributed by atoms with Gasteiger partial charge in [0.1, 0.15) is 21.3 Å². The van der Waals surface area contributed by atoms with E-state index in [1.807, 2.05) is 0 Å². The molecule has 0 bridgehead atoms. The Labute approximate surface area is 273 Å². The van der Waals surface area contributed by atoms with Gasteiger partial charge in [0.05, 0.1) is 0 Å². The fourth-order valence-corrected chi connectivity index (χ4v) is 199. The van der Waals surface area contributed by atoms with Crippen LogP contribution in [0.25, 0.3) is 0 Å². The van der Waals surface area contributed by atoms with E-state index in [1.54, 1.807) is 31.1 Å². The molecule has 0 unspecified atom stereocenters. The molecule has 0 aromatic heterocycles. The van der Waals surface area contributed by atoms with E-state index in [0.29, 0.717) is 0 Å². The van der Waals surface area contributed by atoms with Crippen molar-refractivity contribution < 1.29 is 0 Å². The van der Waals surface area contributed by atoms with Gasteiger partial charge in [-0.1, -0.05) is 239 Å². The predicted octanol–water partition coefficient (Wildman–Crippen LogP) is 5.60. The van der Waals surface area contributed by atoms with E-state index in [0.717, 1.165) is 0 Å². The van der Waals surface area contributed by atoms with Crippen LogP contribution in [0.15, 0.2) is 182 Å². The summed E-state index contributed by atoms with van der Waals surface area (Å²) in [7, 11) is -12.3. The van der Waals surface area contributed by atoms with Gasteiger partial charge in [-0.3, -0.25) is 0 Å². The summed E-state index contributed by atoms with van der Waals surface area (Å²) in [5, 5.41) is 9.94. The molecule has 1 aliphatic rings. The molecule has 45 heavy (non-hydrogen) atoms. The standard InChI is InChI=1S/C40H42Si5/c1-41(2)42(3,4)44(37-27-15-7-16-28-37,38-29-17-8-18-30-38)45(39-31-19-9-20-32-39,40-33-21-10-22-34-40)43(41,35-23-11-5-12-24-35)36-25-13-6-14-26-36/h5-34H,1-4H3. The number of hydrogen-bond donors (Lipinski definition) is 0. The maximum Gasteiger partial charge on any atom is 0.119 e. The molecule has 6 aromatic carbocycles. The Hall–Kier alpha value is -3.60. The van der Waals surface area contributed by atoms with Crippen LogP contribution in [0, 0.1) is 0 Å². The van der Waals surface area contributed by atoms with Crippen LogP contribution in [-0.4, -0.2) is 35.5 Å². The van der Waals surface area contributed by atoms with Crippen LogP contribution in [0.2, 0.25) is 26.2 Å². The van der Waals surface area contributed by atoms with Crippen molar-refractivity contribution in [3.05, 3.63) is 182 Å². The monoisotopic (exact) mass is 662 g/mol. The van der Waals surface area contributed by atoms with Crippen LogP contribution in [0.3, 0.4) is 0 Å². The zero-order valence-electron chi connectivity index (χ0n) is 26.8. The van der Waals surface area contributed by atoms with Crippen molar-refractivity contribution in [2.75, 3.05) is 0 Å². The van der Waals surface area contributed by atoms with Crippen LogP contribution < -0.4 is 31.1 Å². The van der Waals surface area contributed by atoms with Gasteiger partial charge >= 0.3 is 0 Å². The molecular formula is C40H42Si5. The summed E-state index contributed by atoms with van der Waals surface area (Å²) in [6, 6.07) is 72.3. The van der Waals surface area contributed by atoms with Gasteiger partial charge in [0.2, 0.25) is 0 Å². The normalized spacial score (nSPS) is 18.7. The third-order valence-electron chi connectivity index (χ3n) is 11.8. The van der Waals surface area contributed by atoms with Crippen molar-refractivity contribution in [3.63, 3.8) is 0 Å². The minimum absolute atomic E-state index is 1.65. The van der Waals surface area contributed by atoms with Crippen LogP contribution in [0.5, 0.6) is 0 Å². The minimum atomic E-state index is -2.78. The SMILES string of the molecule is C[Si]1(C)[Si](C)(C)[Si](c2ccccc2)(c2ccccc2)[Si](c2ccccc2)(c2ccccc2)[Si]1(c1ccccc1)c1ccccc1. The summed E-state index contributed by atoms with van der Waals surface area (Å²) in [6.07, 6.45) is 0. The van der Waals surface area contributed by atoms with Crippen molar-refractivity contribution in [1.29, 1.82) is 0 Å². The second-order valence-corrected chi connectivity index (χ2v) is 64.2. The van der Waals surface area contributed by atoms with E-state index in [-0.39, 0.29) is 0 Å². The summed E-state index contributed by atoms with van der Waals surface area (Å²) < 4.78 is 0. The van der Waals surface area contributed by atoms with Crippen molar-refractivity contribution in [2.24, 2.45) is 0 Å². The quantitative estimate of drug-likeness (QED) is 0.204. The Balaban J connectivity index is 1.89. The topological polar surface area (TPSA) is 0 Å². The van der Waals surface area contributed by atoms with Gasteiger partial charge in [0, 0.05) is 14.2 Å². The largest absolute Gasteiger partial charge is 0.119 e. The molecule has 7 rings (SSSR count). The summed E-state index contributed by atoms with van der Waals surface area (Å²) >= 11 is 0. The average Bonchev–Trinajstić information content (AvgIpc) is 3.22. The Morgan fingerprint density at radius 1 is 0.222 bits per heavy atom. The second-order valence-electron chi connectivity index (χ2n) is 13.7. The minimum Gasteiger partial charge on any atom is -0.0729 e. The highest BCUT2D eigenvalue weighted by Crippen LogP contribution is 2.50. The summed E-state index contributed by atoms with van der Waals surface area (Å²) in [5.74, 6) is 0. The van der Waals surface area contributed by atoms with Crippen LogP contribution >= 0.6 is 0 Å². The van der Waals surface area contributed by atoms with E-state index in [4.69, 9.17) is 0 Å². The second kappa shape index (κ2) is 11.3. The van der Waals surface area contributed by atoms with E-state index >= 15 is 0 Å². The van der Waals surface area contributed by atoms with Gasteiger partial charge in [-0.2, -0.15) is 0 Å². The molecule has 1 saturated heterocycles. The lowest BCUT2D eigenvalue weighted by Gasteiger charge is -2.55. The highest BCUT2D eigenvalue weighted by molar-refractivity contribution is 8.22. The Morgan fingerprint density at radius 2 is 0.378 bits per heavy atom. The molecular weight excluding hydrogens is 621 g/mol. The Morgan fingerprint density at radius 3 is 0.556 bits per heavy atom. The van der Waals surface area contributed by atoms with E-state index in [1.165, 1.54) is 0 Å². The molecule has 1 heterocycles. The fourth-order valence-electron chi connectivity index (χ4n) is 9.96. The number of hydrogen-bond acceptors (Lipinski definition) is 0. The van der Waals surface area contributed by atoms with Gasteiger partial charge in [-0.25, -0.2) is 0 Å². The molecule has 1 fully saturated rings. The van der Waals surface area contributed by atoms with Crippen molar-refractivity contribution >= 4 is 66.7 Å². The van der Waals surface area contributed by atoms with Crippen LogP contribution in [0.1, 0.15) is 0 Å². The summed E-state index contributed by atoms with van der Waals surface area (Å²) in [5.41, 5.74) is 0. The van der Waals surface area contributed by atoms with Gasteiger partial charge in [-0.05, 0) is 0 Å². The molecule has 222 valence electrons. The molecule has 0 spiro atoms. The van der Waals surface area contributed by atoms with Gasteiger partial charge in [-0.15, -0.1) is 0 Å². The highest BCUT2D eigenvalue weighted by Gasteiger charge is 2.88. The summed E-state index contributed by atoms with van der Waals surface area (Å²) in [6.45, 7) is 11.5. The zero-order valence-corrected chi connectivity index (χ0v) is 31.8. The maximum atomic E-state index is 2.87. The zero-order chi connectivity index (χ0) is 31.2. The molecule has 1 aliphatic heterocycles. The molecule has 6 aromatic rings. The Kier molecular flexibility index (Phi) is 7.57. The number of rotatable bonds is 6. The first-order valence-electron chi connectivity index (χ1n) is 16.2. The molecule has 0 atom stereocenters. The molecule has 5 heteroatoms. The van der Waals surface area contributed by atoms with Crippen molar-refractivity contribution in [3.8, 4) is 0 Å². The maximum absolute atomic E-state index is 2.87. The molecule has 0 amide bonds. The predicted molar refractivity (Wildman–Crippen MR) is 209 cm³/mol. The molecule has 0 radical (unpaired) electrons. The van der Waals surface area contributed by atoms with E-state index in [9.17, 15) is 0 Å². The molecule has 0 nitrogen and oxygen atoms in total. The lowest BCUT2D eigenvalue weighted by atomic mass is 10.4. The van der Waals surface area contributed by atoms with Gasteiger partial charge in [0.15, 0.2) is 0 Å². The fraction of sp³-hybridized carbons (Fsp3) is 0.100. The first kappa shape index (κ1) is 30.1. The first-order chi connectivity index (χ1) is 21.9. The lowest BCUT2D eigenvalue weighted by molar-refractivity contribution is 1.70. The van der Waals surface area contributed by atoms with E-state index in [2.05, 4.69) is 208 Å². The molecule has 0 N–H and O–H groups in total. The van der Waals surface area contributed by atoms with Crippen molar-refractivity contribution in [1.82, 2.24) is 0 Å². The molecule has 0 aliphatic carbocycles. The smallest absolute Gasteiger partial charge is 0.0729 e. The van der Waals surface area contributed by atoms with Crippen LogP contribution in [-0.2, 0) is 0 Å². The summed E-state index contributed by atoms with van der Waals surface area (Å²) in [4.78, 5) is 0. The third-order valence-corrected chi connectivity index (χ3v) is 120. The number of benzene rings is 6. The van der Waals surface area contributed by atoms with Crippen molar-refractivity contribution in [2.45, 2.75) is 26.2 Å². The van der Waals surface area contributed by atoms with E-state index < -0.39 is 35.5 Å². The first-order valence-corrected chi connectivity index (χ1v) is 33.2. The highest BCUT2D eigenvalue weighted by atomic mass is 30.2. The third kappa shape index (κ3) is 3.79. The Bertz CT molecular complexity index is 1650. The molecule has 0 saturated carbocycles.